The van der Waals surface area contributed by atoms with Gasteiger partial charge in [-0.15, -0.1) is 0 Å². The van der Waals surface area contributed by atoms with Gasteiger partial charge in [0.05, 0.1) is 5.92 Å². The van der Waals surface area contributed by atoms with E-state index in [0.717, 1.165) is 31.5 Å². The first-order valence-corrected chi connectivity index (χ1v) is 11.7. The summed E-state index contributed by atoms with van der Waals surface area (Å²) >= 11 is 0. The molecule has 0 radical (unpaired) electrons. The fourth-order valence-corrected chi connectivity index (χ4v) is 6.28. The lowest BCUT2D eigenvalue weighted by Gasteiger charge is -2.47. The number of piperazine rings is 1. The van der Waals surface area contributed by atoms with Crippen LogP contribution in [0.4, 0.5) is 0 Å². The second-order valence-electron chi connectivity index (χ2n) is 9.72. The topological polar surface area (TPSA) is 47.6 Å². The van der Waals surface area contributed by atoms with Gasteiger partial charge in [0.2, 0.25) is 5.91 Å². The Labute approximate surface area is 165 Å². The highest BCUT2D eigenvalue weighted by Crippen LogP contribution is 2.35. The quantitative estimate of drug-likeness (QED) is 0.792. The predicted octanol–water partition coefficient (Wildman–Crippen LogP) is 2.63. The Morgan fingerprint density at radius 1 is 0.926 bits per heavy atom. The molecule has 27 heavy (non-hydrogen) atoms. The summed E-state index contributed by atoms with van der Waals surface area (Å²) in [6.07, 6.45) is 12.2. The number of carbonyl (C=O) groups is 1. The van der Waals surface area contributed by atoms with Crippen LogP contribution in [0.1, 0.15) is 64.7 Å². The van der Waals surface area contributed by atoms with Gasteiger partial charge in [0.15, 0.2) is 0 Å². The third-order valence-electron chi connectivity index (χ3n) is 8.06. The van der Waals surface area contributed by atoms with E-state index in [2.05, 4.69) is 27.6 Å². The van der Waals surface area contributed by atoms with E-state index >= 15 is 0 Å². The van der Waals surface area contributed by atoms with Crippen molar-refractivity contribution < 1.29 is 4.79 Å². The molecule has 2 heterocycles. The Morgan fingerprint density at radius 2 is 1.63 bits per heavy atom. The van der Waals surface area contributed by atoms with Gasteiger partial charge in [0.25, 0.3) is 0 Å². The number of rotatable bonds is 4. The smallest absolute Gasteiger partial charge is 0.239 e. The molecule has 0 bridgehead atoms. The minimum absolute atomic E-state index is 0.191. The molecule has 4 unspecified atom stereocenters. The highest BCUT2D eigenvalue weighted by molar-refractivity contribution is 5.80. The molecular weight excluding hydrogens is 336 g/mol. The summed E-state index contributed by atoms with van der Waals surface area (Å²) in [4.78, 5) is 18.0. The molecule has 0 spiro atoms. The van der Waals surface area contributed by atoms with Crippen molar-refractivity contribution in [3.05, 3.63) is 0 Å². The van der Waals surface area contributed by atoms with E-state index in [1.54, 1.807) is 0 Å². The number of nitrogens with one attached hydrogen (secondary N) is 2. The zero-order valence-electron chi connectivity index (χ0n) is 17.3. The maximum atomic E-state index is 12.7. The second-order valence-corrected chi connectivity index (χ2v) is 9.72. The molecule has 4 fully saturated rings. The summed E-state index contributed by atoms with van der Waals surface area (Å²) in [6, 6.07) is 0.387. The van der Waals surface area contributed by atoms with Gasteiger partial charge in [-0.05, 0) is 37.0 Å². The highest BCUT2D eigenvalue weighted by atomic mass is 16.2. The number of nitrogens with zero attached hydrogens (tertiary/aromatic N) is 2. The van der Waals surface area contributed by atoms with Crippen LogP contribution in [0.25, 0.3) is 0 Å². The van der Waals surface area contributed by atoms with Crippen molar-refractivity contribution in [2.45, 2.75) is 70.8 Å². The van der Waals surface area contributed by atoms with Crippen molar-refractivity contribution in [3.63, 3.8) is 0 Å². The van der Waals surface area contributed by atoms with Crippen LogP contribution in [0.3, 0.4) is 0 Å². The van der Waals surface area contributed by atoms with Crippen LogP contribution < -0.4 is 10.9 Å². The lowest BCUT2D eigenvalue weighted by atomic mass is 9.75. The van der Waals surface area contributed by atoms with Gasteiger partial charge in [-0.25, -0.2) is 5.43 Å². The van der Waals surface area contributed by atoms with E-state index in [1.807, 2.05) is 0 Å². The maximum Gasteiger partial charge on any atom is 0.239 e. The molecule has 2 saturated heterocycles. The van der Waals surface area contributed by atoms with Crippen LogP contribution in [0.15, 0.2) is 0 Å². The molecule has 2 aliphatic heterocycles. The minimum Gasteiger partial charge on any atom is -0.301 e. The Hall–Kier alpha value is -0.650. The lowest BCUT2D eigenvalue weighted by molar-refractivity contribution is -0.135. The molecular formula is C22H40N4O. The summed E-state index contributed by atoms with van der Waals surface area (Å²) in [5.41, 5.74) is 6.12. The number of hydrogen-bond donors (Lipinski definition) is 2. The monoisotopic (exact) mass is 376 g/mol. The van der Waals surface area contributed by atoms with Gasteiger partial charge in [0.1, 0.15) is 0 Å². The summed E-state index contributed by atoms with van der Waals surface area (Å²) < 4.78 is 0. The summed E-state index contributed by atoms with van der Waals surface area (Å²) in [7, 11) is 0. The molecule has 5 heteroatoms. The molecule has 2 N–H and O–H groups in total. The zero-order chi connectivity index (χ0) is 18.6. The highest BCUT2D eigenvalue weighted by Gasteiger charge is 2.42. The van der Waals surface area contributed by atoms with E-state index in [0.29, 0.717) is 12.0 Å². The Morgan fingerprint density at radius 3 is 2.37 bits per heavy atom. The van der Waals surface area contributed by atoms with E-state index in [1.165, 1.54) is 77.4 Å². The fourth-order valence-electron chi connectivity index (χ4n) is 6.28. The average Bonchev–Trinajstić information content (AvgIpc) is 2.71. The number of carbonyl (C=O) groups excluding carboxylic acids is 1. The first-order valence-electron chi connectivity index (χ1n) is 11.7. The Balaban J connectivity index is 1.32. The van der Waals surface area contributed by atoms with E-state index in [-0.39, 0.29) is 11.8 Å². The van der Waals surface area contributed by atoms with Crippen molar-refractivity contribution in [1.82, 2.24) is 20.7 Å². The molecule has 0 aromatic carbocycles. The zero-order valence-corrected chi connectivity index (χ0v) is 17.3. The van der Waals surface area contributed by atoms with Crippen molar-refractivity contribution in [1.29, 1.82) is 0 Å². The number of hydrogen-bond acceptors (Lipinski definition) is 4. The third kappa shape index (κ3) is 4.68. The molecule has 154 valence electrons. The van der Waals surface area contributed by atoms with Crippen LogP contribution >= 0.6 is 0 Å². The van der Waals surface area contributed by atoms with E-state index < -0.39 is 0 Å². The van der Waals surface area contributed by atoms with Crippen molar-refractivity contribution >= 4 is 5.91 Å². The molecule has 2 saturated carbocycles. The lowest BCUT2D eigenvalue weighted by Crippen LogP contribution is -2.65. The summed E-state index contributed by atoms with van der Waals surface area (Å²) in [5, 5.41) is 0. The largest absolute Gasteiger partial charge is 0.301 e. The molecule has 0 aromatic heterocycles. The van der Waals surface area contributed by atoms with Crippen LogP contribution in [0.2, 0.25) is 0 Å². The Bertz CT molecular complexity index is 485. The van der Waals surface area contributed by atoms with Gasteiger partial charge >= 0.3 is 0 Å². The van der Waals surface area contributed by atoms with E-state index in [9.17, 15) is 4.79 Å². The SMILES string of the molecule is CC1CCCCC1CN1CCN(C2CNNC(=O)C2C2CCCCC2)CC1. The molecule has 5 nitrogen and oxygen atoms in total. The average molecular weight is 377 g/mol. The van der Waals surface area contributed by atoms with Gasteiger partial charge < -0.3 is 4.90 Å². The molecule has 1 amide bonds. The predicted molar refractivity (Wildman–Crippen MR) is 109 cm³/mol. The first-order chi connectivity index (χ1) is 13.2. The van der Waals surface area contributed by atoms with Gasteiger partial charge in [0, 0.05) is 45.3 Å². The van der Waals surface area contributed by atoms with Gasteiger partial charge in [-0.3, -0.25) is 15.1 Å². The van der Waals surface area contributed by atoms with Crippen molar-refractivity contribution in [3.8, 4) is 0 Å². The molecule has 4 aliphatic rings. The molecule has 2 aliphatic carbocycles. The number of amides is 1. The third-order valence-corrected chi connectivity index (χ3v) is 8.06. The minimum atomic E-state index is 0.191. The van der Waals surface area contributed by atoms with Gasteiger partial charge in [-0.1, -0.05) is 45.4 Å². The molecule has 4 atom stereocenters. The first kappa shape index (κ1) is 19.7. The van der Waals surface area contributed by atoms with E-state index in [4.69, 9.17) is 0 Å². The normalized spacial score (nSPS) is 37.9. The van der Waals surface area contributed by atoms with Crippen LogP contribution in [0, 0.1) is 23.7 Å². The summed E-state index contributed by atoms with van der Waals surface area (Å²) in [5.74, 6) is 2.83. The van der Waals surface area contributed by atoms with Gasteiger partial charge in [-0.2, -0.15) is 0 Å². The second kappa shape index (κ2) is 9.23. The van der Waals surface area contributed by atoms with Crippen molar-refractivity contribution in [2.24, 2.45) is 23.7 Å². The standard InChI is InChI=1S/C22H40N4O/c1-17-7-5-6-10-19(17)16-25-11-13-26(14-12-25)20-15-23-24-22(27)21(20)18-8-3-2-4-9-18/h17-21,23H,2-16H2,1H3,(H,24,27). The van der Waals surface area contributed by atoms with Crippen molar-refractivity contribution in [2.75, 3.05) is 39.3 Å². The summed E-state index contributed by atoms with van der Waals surface area (Å²) in [6.45, 7) is 9.28. The molecule has 4 rings (SSSR count). The van der Waals surface area contributed by atoms with Crippen LogP contribution in [-0.4, -0.2) is 61.0 Å². The van der Waals surface area contributed by atoms with Crippen LogP contribution in [0.5, 0.6) is 0 Å². The van der Waals surface area contributed by atoms with Crippen LogP contribution in [-0.2, 0) is 4.79 Å². The fraction of sp³-hybridized carbons (Fsp3) is 0.955. The Kier molecular flexibility index (Phi) is 6.72. The number of hydrazine groups is 1. The maximum absolute atomic E-state index is 12.7. The molecule has 0 aromatic rings.